The summed E-state index contributed by atoms with van der Waals surface area (Å²) in [5, 5.41) is 58.0. The first-order chi connectivity index (χ1) is 24.2. The predicted molar refractivity (Wildman–Crippen MR) is 184 cm³/mol. The molecule has 8 atom stereocenters. The van der Waals surface area contributed by atoms with Crippen LogP contribution < -0.4 is 9.47 Å². The molecule has 0 aromatic heterocycles. The van der Waals surface area contributed by atoms with Crippen LogP contribution in [0.3, 0.4) is 0 Å². The van der Waals surface area contributed by atoms with Crippen LogP contribution in [0, 0.1) is 11.8 Å². The predicted octanol–water partition coefficient (Wildman–Crippen LogP) is 3.72. The lowest BCUT2D eigenvalue weighted by Gasteiger charge is -2.63. The minimum absolute atomic E-state index is 0.00576. The van der Waals surface area contributed by atoms with Crippen LogP contribution in [0.25, 0.3) is 0 Å². The minimum atomic E-state index is -0.987. The molecule has 2 aromatic carbocycles. The molecule has 12 rings (SSSR count). The Balaban J connectivity index is 0.947. The van der Waals surface area contributed by atoms with E-state index in [4.69, 9.17) is 19.7 Å². The molecule has 4 bridgehead atoms. The van der Waals surface area contributed by atoms with Crippen LogP contribution in [0.1, 0.15) is 86.5 Å². The molecule has 4 N–H and O–H groups in total. The van der Waals surface area contributed by atoms with Crippen LogP contribution in [0.5, 0.6) is 23.0 Å². The molecular formula is C40H46N4O6. The van der Waals surface area contributed by atoms with Gasteiger partial charge in [-0.25, -0.2) is 0 Å². The number of piperidine rings is 2. The summed E-state index contributed by atoms with van der Waals surface area (Å²) < 4.78 is 13.5. The Bertz CT molecular complexity index is 1800. The number of phenols is 2. The van der Waals surface area contributed by atoms with Gasteiger partial charge in [0.25, 0.3) is 0 Å². The van der Waals surface area contributed by atoms with Crippen LogP contribution in [0.2, 0.25) is 0 Å². The Hall–Kier alpha value is -3.18. The molecule has 0 unspecified atom stereocenters. The molecular weight excluding hydrogens is 632 g/mol. The molecule has 10 heteroatoms. The van der Waals surface area contributed by atoms with Gasteiger partial charge in [-0.05, 0) is 125 Å². The Morgan fingerprint density at radius 2 is 1.08 bits per heavy atom. The van der Waals surface area contributed by atoms with E-state index in [1.54, 1.807) is 12.1 Å². The molecule has 10 nitrogen and oxygen atoms in total. The maximum atomic E-state index is 12.9. The molecule has 4 heterocycles. The summed E-state index contributed by atoms with van der Waals surface area (Å²) in [6.45, 7) is 3.86. The summed E-state index contributed by atoms with van der Waals surface area (Å²) in [6, 6.07) is 7.58. The van der Waals surface area contributed by atoms with Crippen molar-refractivity contribution in [1.29, 1.82) is 0 Å². The molecule has 0 radical (unpaired) electrons. The molecule has 10 aliphatic rings. The quantitative estimate of drug-likeness (QED) is 0.353. The highest BCUT2D eigenvalue weighted by Crippen LogP contribution is 2.67. The molecule has 6 fully saturated rings. The van der Waals surface area contributed by atoms with E-state index in [9.17, 15) is 20.4 Å². The van der Waals surface area contributed by atoms with Crippen LogP contribution in [-0.4, -0.2) is 103 Å². The van der Waals surface area contributed by atoms with E-state index in [-0.39, 0.29) is 23.6 Å². The van der Waals surface area contributed by atoms with Gasteiger partial charge in [0.05, 0.1) is 33.5 Å². The summed E-state index contributed by atoms with van der Waals surface area (Å²) >= 11 is 0. The number of aliphatic hydroxyl groups is 2. The van der Waals surface area contributed by atoms with E-state index in [0.717, 1.165) is 86.2 Å². The number of rotatable bonds is 5. The van der Waals surface area contributed by atoms with Gasteiger partial charge in [-0.3, -0.25) is 9.80 Å². The smallest absolute Gasteiger partial charge is 0.166 e. The lowest BCUT2D eigenvalue weighted by atomic mass is 9.48. The molecule has 2 spiro atoms. The third-order valence-corrected chi connectivity index (χ3v) is 15.5. The molecule has 6 aliphatic carbocycles. The van der Waals surface area contributed by atoms with Crippen molar-refractivity contribution < 1.29 is 29.9 Å². The number of phenolic OH excluding ortho intramolecular Hbond substituents is 2. The largest absolute Gasteiger partial charge is 0.504 e. The molecule has 0 amide bonds. The number of nitrogens with zero attached hydrogens (tertiary/aromatic N) is 4. The Morgan fingerprint density at radius 1 is 0.640 bits per heavy atom. The van der Waals surface area contributed by atoms with E-state index < -0.39 is 34.2 Å². The Morgan fingerprint density at radius 3 is 1.50 bits per heavy atom. The van der Waals surface area contributed by atoms with Crippen LogP contribution in [0.15, 0.2) is 34.5 Å². The van der Waals surface area contributed by atoms with Gasteiger partial charge in [0, 0.05) is 36.3 Å². The first kappa shape index (κ1) is 29.4. The second kappa shape index (κ2) is 9.43. The van der Waals surface area contributed by atoms with Crippen molar-refractivity contribution in [2.75, 3.05) is 26.2 Å². The average Bonchev–Trinajstić information content (AvgIpc) is 4.03. The number of hydrogen-bond acceptors (Lipinski definition) is 10. The standard InChI is InChI=1S/C40H46N4O6/c45-27-7-5-23-17-29-39(47)11-9-25(35-37(39,31(23)33(27)49-35)13-15-43(29)19-21-1-2-21)41-42-26-10-12-40(48)30-18-24-6-8-28(46)34-32(24)38(40,36(26)50-34)14-16-44(30)20-22-3-4-22/h5-8,21-22,29-30,35-36,45-48H,1-4,9-20H2/t29-,30-,35-,36+,37+,38+,39-,40+/m1/s1. The number of likely N-dealkylation sites (tertiary alicyclic amines) is 2. The van der Waals surface area contributed by atoms with Gasteiger partial charge < -0.3 is 29.9 Å². The highest BCUT2D eigenvalue weighted by Gasteiger charge is 2.74. The van der Waals surface area contributed by atoms with Gasteiger partial charge in [0.15, 0.2) is 35.2 Å². The lowest BCUT2D eigenvalue weighted by Crippen LogP contribution is -2.76. The summed E-state index contributed by atoms with van der Waals surface area (Å²) in [4.78, 5) is 5.09. The van der Waals surface area contributed by atoms with Crippen molar-refractivity contribution in [3.63, 3.8) is 0 Å². The van der Waals surface area contributed by atoms with Crippen molar-refractivity contribution in [3.05, 3.63) is 46.5 Å². The highest BCUT2D eigenvalue weighted by molar-refractivity contribution is 5.97. The Labute approximate surface area is 291 Å². The zero-order valence-corrected chi connectivity index (χ0v) is 28.5. The van der Waals surface area contributed by atoms with Gasteiger partial charge in [-0.1, -0.05) is 12.1 Å². The van der Waals surface area contributed by atoms with Crippen molar-refractivity contribution in [2.45, 2.75) is 123 Å². The van der Waals surface area contributed by atoms with Crippen LogP contribution in [-0.2, 0) is 23.7 Å². The number of ether oxygens (including phenoxy) is 2. The number of aromatic hydroxyl groups is 2. The first-order valence-corrected chi connectivity index (χ1v) is 19.4. The second-order valence-electron chi connectivity index (χ2n) is 17.7. The fraction of sp³-hybridized carbons (Fsp3) is 0.650. The van der Waals surface area contributed by atoms with Crippen LogP contribution in [0.4, 0.5) is 0 Å². The zero-order chi connectivity index (χ0) is 33.4. The third-order valence-electron chi connectivity index (χ3n) is 15.5. The summed E-state index contributed by atoms with van der Waals surface area (Å²) in [7, 11) is 0. The normalized spacial score (nSPS) is 43.4. The van der Waals surface area contributed by atoms with E-state index in [0.29, 0.717) is 37.2 Å². The SMILES string of the molecule is Oc1ccc2c3c1O[C@@H]1C(=NN=C4CC[C@]5(O)[C@H]6Cc7ccc(O)c8c7[C@@]5(CCN6CC5CC5)[C@H]4O8)CC[C@@]4(O)[C@@H](C2)N(CC2CC2)CC[C@]314. The second-order valence-corrected chi connectivity index (χ2v) is 17.7. The summed E-state index contributed by atoms with van der Waals surface area (Å²) in [5.74, 6) is 2.72. The van der Waals surface area contributed by atoms with Gasteiger partial charge in [-0.2, -0.15) is 10.2 Å². The molecule has 4 aliphatic heterocycles. The fourth-order valence-corrected chi connectivity index (χ4v) is 12.9. The molecule has 2 saturated heterocycles. The van der Waals surface area contributed by atoms with E-state index in [2.05, 4.69) is 9.80 Å². The average molecular weight is 679 g/mol. The zero-order valence-electron chi connectivity index (χ0n) is 28.5. The highest BCUT2D eigenvalue weighted by atomic mass is 16.5. The Kier molecular flexibility index (Phi) is 5.54. The van der Waals surface area contributed by atoms with Gasteiger partial charge in [0.2, 0.25) is 0 Å². The third kappa shape index (κ3) is 3.37. The van der Waals surface area contributed by atoms with Gasteiger partial charge in [-0.15, -0.1) is 0 Å². The van der Waals surface area contributed by atoms with E-state index in [1.807, 2.05) is 12.1 Å². The van der Waals surface area contributed by atoms with Gasteiger partial charge >= 0.3 is 0 Å². The van der Waals surface area contributed by atoms with Crippen molar-refractivity contribution in [2.24, 2.45) is 22.0 Å². The monoisotopic (exact) mass is 678 g/mol. The van der Waals surface area contributed by atoms with Crippen molar-refractivity contribution in [3.8, 4) is 23.0 Å². The van der Waals surface area contributed by atoms with Crippen molar-refractivity contribution in [1.82, 2.24) is 9.80 Å². The van der Waals surface area contributed by atoms with Crippen molar-refractivity contribution >= 4 is 11.4 Å². The topological polar surface area (TPSA) is 131 Å². The maximum Gasteiger partial charge on any atom is 0.166 e. The van der Waals surface area contributed by atoms with E-state index in [1.165, 1.54) is 36.8 Å². The fourth-order valence-electron chi connectivity index (χ4n) is 12.9. The number of benzene rings is 2. The molecule has 2 aromatic rings. The number of hydrogen-bond donors (Lipinski definition) is 4. The first-order valence-electron chi connectivity index (χ1n) is 19.4. The van der Waals surface area contributed by atoms with Crippen LogP contribution >= 0.6 is 0 Å². The molecule has 4 saturated carbocycles. The maximum absolute atomic E-state index is 12.9. The molecule has 50 heavy (non-hydrogen) atoms. The molecule has 262 valence electrons. The lowest BCUT2D eigenvalue weighted by molar-refractivity contribution is -0.167. The summed E-state index contributed by atoms with van der Waals surface area (Å²) in [6.07, 6.45) is 9.35. The van der Waals surface area contributed by atoms with E-state index >= 15 is 0 Å². The summed E-state index contributed by atoms with van der Waals surface area (Å²) in [5.41, 5.74) is 2.56. The minimum Gasteiger partial charge on any atom is -0.504 e. The van der Waals surface area contributed by atoms with Gasteiger partial charge in [0.1, 0.15) is 0 Å².